The molecule has 0 aliphatic heterocycles. The predicted molar refractivity (Wildman–Crippen MR) is 114 cm³/mol. The first kappa shape index (κ1) is 22.7. The molecule has 8 heteroatoms. The Hall–Kier alpha value is -3.55. The van der Waals surface area contributed by atoms with Crippen molar-refractivity contribution < 1.29 is 23.8 Å². The highest BCUT2D eigenvalue weighted by atomic mass is 16.5. The van der Waals surface area contributed by atoms with Crippen molar-refractivity contribution in [3.63, 3.8) is 0 Å². The van der Waals surface area contributed by atoms with Crippen molar-refractivity contribution in [3.05, 3.63) is 59.7 Å². The van der Waals surface area contributed by atoms with Gasteiger partial charge in [0.2, 0.25) is 0 Å². The van der Waals surface area contributed by atoms with Gasteiger partial charge in [0.05, 0.1) is 26.5 Å². The number of nitrogens with one attached hydrogen (secondary N) is 2. The molecule has 2 N–H and O–H groups in total. The molecule has 2 aromatic carbocycles. The molecule has 0 aliphatic carbocycles. The smallest absolute Gasteiger partial charge is 0.407 e. The Kier molecular flexibility index (Phi) is 9.18. The van der Waals surface area contributed by atoms with Crippen molar-refractivity contribution in [1.82, 2.24) is 10.7 Å². The van der Waals surface area contributed by atoms with Crippen molar-refractivity contribution in [1.29, 1.82) is 0 Å². The predicted octanol–water partition coefficient (Wildman–Crippen LogP) is 2.90. The highest BCUT2D eigenvalue weighted by molar-refractivity contribution is 5.89. The van der Waals surface area contributed by atoms with Crippen LogP contribution in [0.5, 0.6) is 11.5 Å². The number of ether oxygens (including phenoxy) is 3. The Bertz CT molecular complexity index is 855. The van der Waals surface area contributed by atoms with Gasteiger partial charge >= 0.3 is 6.09 Å². The van der Waals surface area contributed by atoms with E-state index in [1.54, 1.807) is 32.2 Å². The first-order chi connectivity index (χ1) is 14.6. The third kappa shape index (κ3) is 6.80. The van der Waals surface area contributed by atoms with Crippen LogP contribution in [0.4, 0.5) is 4.79 Å². The molecule has 0 heterocycles. The van der Waals surface area contributed by atoms with E-state index < -0.39 is 18.0 Å². The van der Waals surface area contributed by atoms with Crippen LogP contribution in [-0.4, -0.2) is 44.6 Å². The van der Waals surface area contributed by atoms with Crippen LogP contribution in [-0.2, 0) is 16.0 Å². The van der Waals surface area contributed by atoms with Crippen molar-refractivity contribution in [2.24, 2.45) is 5.10 Å². The number of hydrogen-bond acceptors (Lipinski definition) is 6. The summed E-state index contributed by atoms with van der Waals surface area (Å²) in [5.74, 6) is 0.632. The summed E-state index contributed by atoms with van der Waals surface area (Å²) in [6.07, 6.45) is 1.10. The van der Waals surface area contributed by atoms with E-state index in [2.05, 4.69) is 15.8 Å². The third-order valence-corrected chi connectivity index (χ3v) is 4.06. The Morgan fingerprint density at radius 1 is 1.07 bits per heavy atom. The zero-order chi connectivity index (χ0) is 21.8. The number of para-hydroxylation sites is 1. The van der Waals surface area contributed by atoms with Gasteiger partial charge in [-0.15, -0.1) is 0 Å². The lowest BCUT2D eigenvalue weighted by Gasteiger charge is -2.17. The highest BCUT2D eigenvalue weighted by Gasteiger charge is 2.21. The number of rotatable bonds is 10. The zero-order valence-electron chi connectivity index (χ0n) is 17.4. The molecule has 8 nitrogen and oxygen atoms in total. The summed E-state index contributed by atoms with van der Waals surface area (Å²) in [5, 5.41) is 6.60. The monoisotopic (exact) mass is 413 g/mol. The second-order valence-electron chi connectivity index (χ2n) is 6.15. The molecule has 0 saturated carbocycles. The lowest BCUT2D eigenvalue weighted by molar-refractivity contribution is -0.123. The minimum absolute atomic E-state index is 0.208. The molecular formula is C22H27N3O5. The topological polar surface area (TPSA) is 98.2 Å². The minimum Gasteiger partial charge on any atom is -0.493 e. The van der Waals surface area contributed by atoms with Crippen LogP contribution in [0.15, 0.2) is 53.6 Å². The third-order valence-electron chi connectivity index (χ3n) is 4.06. The summed E-state index contributed by atoms with van der Waals surface area (Å²) in [7, 11) is 1.55. The Labute approximate surface area is 176 Å². The number of benzene rings is 2. The van der Waals surface area contributed by atoms with Gasteiger partial charge < -0.3 is 19.5 Å². The molecule has 0 unspecified atom stereocenters. The summed E-state index contributed by atoms with van der Waals surface area (Å²) < 4.78 is 15.8. The van der Waals surface area contributed by atoms with E-state index in [4.69, 9.17) is 14.2 Å². The summed E-state index contributed by atoms with van der Waals surface area (Å²) >= 11 is 0. The molecule has 2 rings (SSSR count). The fourth-order valence-corrected chi connectivity index (χ4v) is 2.71. The molecule has 0 aromatic heterocycles. The fourth-order valence-electron chi connectivity index (χ4n) is 2.71. The van der Waals surface area contributed by atoms with Gasteiger partial charge in [-0.1, -0.05) is 36.4 Å². The van der Waals surface area contributed by atoms with E-state index in [9.17, 15) is 9.59 Å². The first-order valence-electron chi connectivity index (χ1n) is 9.68. The molecule has 1 atom stereocenters. The van der Waals surface area contributed by atoms with Crippen LogP contribution in [0, 0.1) is 0 Å². The van der Waals surface area contributed by atoms with Gasteiger partial charge in [0.15, 0.2) is 11.5 Å². The van der Waals surface area contributed by atoms with Crippen LogP contribution in [0.2, 0.25) is 0 Å². The van der Waals surface area contributed by atoms with Gasteiger partial charge in [-0.2, -0.15) is 5.10 Å². The number of hydrogen-bond donors (Lipinski definition) is 2. The molecule has 0 radical (unpaired) electrons. The van der Waals surface area contributed by atoms with Gasteiger partial charge in [-0.3, -0.25) is 4.79 Å². The van der Waals surface area contributed by atoms with Gasteiger partial charge in [0.1, 0.15) is 6.04 Å². The maximum absolute atomic E-state index is 12.7. The summed E-state index contributed by atoms with van der Waals surface area (Å²) in [6, 6.07) is 13.9. The maximum Gasteiger partial charge on any atom is 0.407 e. The molecule has 0 fully saturated rings. The number of nitrogens with zero attached hydrogens (tertiary/aromatic N) is 1. The molecule has 30 heavy (non-hydrogen) atoms. The Morgan fingerprint density at radius 2 is 1.83 bits per heavy atom. The van der Waals surface area contributed by atoms with E-state index in [1.807, 2.05) is 37.3 Å². The van der Waals surface area contributed by atoms with E-state index in [0.717, 1.165) is 5.56 Å². The summed E-state index contributed by atoms with van der Waals surface area (Å²) in [5.41, 5.74) is 4.01. The molecule has 160 valence electrons. The molecular weight excluding hydrogens is 386 g/mol. The van der Waals surface area contributed by atoms with Crippen LogP contribution < -0.4 is 20.2 Å². The van der Waals surface area contributed by atoms with Crippen molar-refractivity contribution in [3.8, 4) is 11.5 Å². The van der Waals surface area contributed by atoms with E-state index in [-0.39, 0.29) is 6.61 Å². The lowest BCUT2D eigenvalue weighted by atomic mass is 10.1. The number of carbonyl (C=O) groups excluding carboxylic acids is 2. The van der Waals surface area contributed by atoms with Crippen LogP contribution in [0.25, 0.3) is 0 Å². The largest absolute Gasteiger partial charge is 0.493 e. The van der Waals surface area contributed by atoms with E-state index in [1.165, 1.54) is 6.21 Å². The van der Waals surface area contributed by atoms with Crippen molar-refractivity contribution >= 4 is 18.2 Å². The molecule has 0 aliphatic rings. The van der Waals surface area contributed by atoms with Crippen molar-refractivity contribution in [2.45, 2.75) is 26.3 Å². The normalized spacial score (nSPS) is 11.6. The highest BCUT2D eigenvalue weighted by Crippen LogP contribution is 2.29. The van der Waals surface area contributed by atoms with Crippen LogP contribution in [0.3, 0.4) is 0 Å². The lowest BCUT2D eigenvalue weighted by Crippen LogP contribution is -2.47. The van der Waals surface area contributed by atoms with Crippen LogP contribution in [0.1, 0.15) is 25.0 Å². The van der Waals surface area contributed by atoms with Gasteiger partial charge in [0, 0.05) is 12.0 Å². The second-order valence-corrected chi connectivity index (χ2v) is 6.15. The quantitative estimate of drug-likeness (QED) is 0.461. The number of carbonyl (C=O) groups is 2. The summed E-state index contributed by atoms with van der Waals surface area (Å²) in [4.78, 5) is 24.5. The maximum atomic E-state index is 12.7. The van der Waals surface area contributed by atoms with Gasteiger partial charge in [-0.25, -0.2) is 10.2 Å². The first-order valence-corrected chi connectivity index (χ1v) is 9.68. The van der Waals surface area contributed by atoms with Gasteiger partial charge in [-0.05, 0) is 31.5 Å². The minimum atomic E-state index is -0.847. The van der Waals surface area contributed by atoms with Gasteiger partial charge in [0.25, 0.3) is 5.91 Å². The molecule has 2 aromatic rings. The molecule has 2 amide bonds. The number of methoxy groups -OCH3 is 1. The molecule has 0 spiro atoms. The standard InChI is InChI=1S/C22H27N3O5/c1-4-29-20-17(12-9-13-19(20)28-3)15-23-25-21(26)18(24-22(27)30-5-2)14-16-10-7-6-8-11-16/h6-13,15,18H,4-5,14H2,1-3H3,(H,24,27)(H,25,26)/b23-15-/t18-/m1/s1. The van der Waals surface area contributed by atoms with E-state index in [0.29, 0.717) is 30.1 Å². The van der Waals surface area contributed by atoms with Crippen molar-refractivity contribution in [2.75, 3.05) is 20.3 Å². The average molecular weight is 413 g/mol. The molecule has 0 saturated heterocycles. The fraction of sp³-hybridized carbons (Fsp3) is 0.318. The Balaban J connectivity index is 2.12. The SMILES string of the molecule is CCOC(=O)N[C@H](Cc1ccccc1)C(=O)N/N=C\c1cccc(OC)c1OCC. The van der Waals surface area contributed by atoms with E-state index >= 15 is 0 Å². The zero-order valence-corrected chi connectivity index (χ0v) is 17.4. The average Bonchev–Trinajstić information content (AvgIpc) is 2.75. The second kappa shape index (κ2) is 12.1. The Morgan fingerprint density at radius 3 is 2.50 bits per heavy atom. The number of hydrazone groups is 1. The summed E-state index contributed by atoms with van der Waals surface area (Å²) in [6.45, 7) is 4.22. The number of alkyl carbamates (subject to hydrolysis) is 1. The number of amides is 2. The van der Waals surface area contributed by atoms with Crippen LogP contribution >= 0.6 is 0 Å². The molecule has 0 bridgehead atoms.